The molecular weight excluding hydrogens is 312 g/mol. The zero-order valence-electron chi connectivity index (χ0n) is 14.0. The van der Waals surface area contributed by atoms with Gasteiger partial charge in [0.1, 0.15) is 16.6 Å². The highest BCUT2D eigenvalue weighted by molar-refractivity contribution is 7.10. The maximum Gasteiger partial charge on any atom is 0.258 e. The molecule has 0 radical (unpaired) electrons. The molecule has 1 atom stereocenters. The first-order valence-corrected chi connectivity index (χ1v) is 8.61. The first-order chi connectivity index (χ1) is 11.0. The van der Waals surface area contributed by atoms with Crippen molar-refractivity contribution in [3.8, 4) is 0 Å². The predicted octanol–water partition coefficient (Wildman–Crippen LogP) is 2.18. The van der Waals surface area contributed by atoms with Crippen LogP contribution in [0.1, 0.15) is 46.6 Å². The molecule has 1 aliphatic rings. The van der Waals surface area contributed by atoms with Gasteiger partial charge in [0.05, 0.1) is 17.3 Å². The highest BCUT2D eigenvalue weighted by Crippen LogP contribution is 2.28. The number of likely N-dealkylation sites (tertiary alicyclic amines) is 1. The quantitative estimate of drug-likeness (QED) is 0.931. The molecule has 0 spiro atoms. The van der Waals surface area contributed by atoms with E-state index in [-0.39, 0.29) is 11.9 Å². The number of aromatic nitrogens is 4. The second kappa shape index (κ2) is 6.27. The SMILES string of the molecule is CNc1snc(C)c1C(=O)N1CCCC(n2nc(C)nc2C)C1. The Balaban J connectivity index is 1.82. The molecular formula is C15H22N6OS. The number of rotatable bonds is 3. The number of hydrogen-bond donors (Lipinski definition) is 1. The van der Waals surface area contributed by atoms with Crippen LogP contribution in [-0.2, 0) is 0 Å². The van der Waals surface area contributed by atoms with Crippen molar-refractivity contribution >= 4 is 22.4 Å². The molecule has 23 heavy (non-hydrogen) atoms. The van der Waals surface area contributed by atoms with Gasteiger partial charge in [0, 0.05) is 20.1 Å². The van der Waals surface area contributed by atoms with Gasteiger partial charge < -0.3 is 10.2 Å². The average molecular weight is 334 g/mol. The van der Waals surface area contributed by atoms with E-state index in [0.29, 0.717) is 12.1 Å². The van der Waals surface area contributed by atoms with Crippen LogP contribution in [-0.4, -0.2) is 50.1 Å². The topological polar surface area (TPSA) is 75.9 Å². The summed E-state index contributed by atoms with van der Waals surface area (Å²) in [6, 6.07) is 0.193. The largest absolute Gasteiger partial charge is 0.378 e. The molecule has 8 heteroatoms. The molecule has 0 aromatic carbocycles. The molecule has 1 aliphatic heterocycles. The van der Waals surface area contributed by atoms with Crippen LogP contribution >= 0.6 is 11.5 Å². The molecule has 1 unspecified atom stereocenters. The Morgan fingerprint density at radius 2 is 2.13 bits per heavy atom. The number of carbonyl (C=O) groups is 1. The molecule has 1 fully saturated rings. The van der Waals surface area contributed by atoms with Crippen LogP contribution < -0.4 is 5.32 Å². The summed E-state index contributed by atoms with van der Waals surface area (Å²) in [5, 5.41) is 8.39. The molecule has 3 rings (SSSR count). The van der Waals surface area contributed by atoms with Crippen molar-refractivity contribution in [2.75, 3.05) is 25.5 Å². The van der Waals surface area contributed by atoms with Gasteiger partial charge in [0.2, 0.25) is 0 Å². The number of nitrogens with one attached hydrogen (secondary N) is 1. The van der Waals surface area contributed by atoms with Gasteiger partial charge in [-0.05, 0) is 45.1 Å². The smallest absolute Gasteiger partial charge is 0.258 e. The van der Waals surface area contributed by atoms with E-state index in [1.807, 2.05) is 37.4 Å². The van der Waals surface area contributed by atoms with Gasteiger partial charge in [-0.1, -0.05) is 0 Å². The molecule has 124 valence electrons. The second-order valence-electron chi connectivity index (χ2n) is 5.92. The molecule has 2 aromatic heterocycles. The van der Waals surface area contributed by atoms with Crippen molar-refractivity contribution in [3.63, 3.8) is 0 Å². The standard InChI is InChI=1S/C15H22N6OS/c1-9-13(14(16-4)23-19-9)15(22)20-7-5-6-12(8-20)21-11(3)17-10(2)18-21/h12,16H,5-8H2,1-4H3. The van der Waals surface area contributed by atoms with Crippen molar-refractivity contribution in [2.45, 2.75) is 39.7 Å². The third-order valence-electron chi connectivity index (χ3n) is 4.24. The van der Waals surface area contributed by atoms with Crippen LogP contribution in [0.5, 0.6) is 0 Å². The van der Waals surface area contributed by atoms with Crippen molar-refractivity contribution < 1.29 is 4.79 Å². The number of nitrogens with zero attached hydrogens (tertiary/aromatic N) is 5. The first kappa shape index (κ1) is 15.9. The molecule has 1 saturated heterocycles. The summed E-state index contributed by atoms with van der Waals surface area (Å²) in [5.74, 6) is 1.74. The Hall–Kier alpha value is -1.96. The lowest BCUT2D eigenvalue weighted by Crippen LogP contribution is -2.41. The number of aryl methyl sites for hydroxylation is 3. The Bertz CT molecular complexity index is 722. The van der Waals surface area contributed by atoms with Crippen LogP contribution in [0.4, 0.5) is 5.00 Å². The number of anilines is 1. The van der Waals surface area contributed by atoms with Gasteiger partial charge in [0.15, 0.2) is 0 Å². The lowest BCUT2D eigenvalue weighted by molar-refractivity contribution is 0.0671. The minimum atomic E-state index is 0.0554. The fourth-order valence-electron chi connectivity index (χ4n) is 3.17. The van der Waals surface area contributed by atoms with Crippen molar-refractivity contribution in [1.82, 2.24) is 24.0 Å². The second-order valence-corrected chi connectivity index (χ2v) is 6.69. The number of carbonyl (C=O) groups excluding carboxylic acids is 1. The fourth-order valence-corrected chi connectivity index (χ4v) is 3.91. The summed E-state index contributed by atoms with van der Waals surface area (Å²) in [6.45, 7) is 7.19. The van der Waals surface area contributed by atoms with Crippen LogP contribution in [0.2, 0.25) is 0 Å². The van der Waals surface area contributed by atoms with Crippen LogP contribution in [0.15, 0.2) is 0 Å². The maximum absolute atomic E-state index is 12.9. The van der Waals surface area contributed by atoms with Gasteiger partial charge in [-0.3, -0.25) is 4.79 Å². The fraction of sp³-hybridized carbons (Fsp3) is 0.600. The number of amides is 1. The van der Waals surface area contributed by atoms with Crippen LogP contribution in [0.3, 0.4) is 0 Å². The zero-order chi connectivity index (χ0) is 16.6. The molecule has 0 bridgehead atoms. The Labute approximate surface area is 139 Å². The summed E-state index contributed by atoms with van der Waals surface area (Å²) in [7, 11) is 1.82. The number of piperidine rings is 1. The lowest BCUT2D eigenvalue weighted by atomic mass is 10.0. The van der Waals surface area contributed by atoms with E-state index in [0.717, 1.165) is 41.7 Å². The Morgan fingerprint density at radius 1 is 1.35 bits per heavy atom. The minimum Gasteiger partial charge on any atom is -0.378 e. The Kier molecular flexibility index (Phi) is 4.34. The average Bonchev–Trinajstić information content (AvgIpc) is 3.08. The Morgan fingerprint density at radius 3 is 2.78 bits per heavy atom. The lowest BCUT2D eigenvalue weighted by Gasteiger charge is -2.33. The van der Waals surface area contributed by atoms with E-state index in [1.54, 1.807) is 0 Å². The maximum atomic E-state index is 12.9. The molecule has 0 aliphatic carbocycles. The van der Waals surface area contributed by atoms with Crippen LogP contribution in [0.25, 0.3) is 0 Å². The third kappa shape index (κ3) is 2.95. The number of hydrogen-bond acceptors (Lipinski definition) is 6. The van der Waals surface area contributed by atoms with E-state index < -0.39 is 0 Å². The molecule has 7 nitrogen and oxygen atoms in total. The summed E-state index contributed by atoms with van der Waals surface area (Å²) in [6.07, 6.45) is 1.99. The van der Waals surface area contributed by atoms with Gasteiger partial charge in [-0.25, -0.2) is 9.67 Å². The van der Waals surface area contributed by atoms with E-state index >= 15 is 0 Å². The van der Waals surface area contributed by atoms with E-state index in [2.05, 4.69) is 19.8 Å². The normalized spacial score (nSPS) is 18.3. The zero-order valence-corrected chi connectivity index (χ0v) is 14.8. The van der Waals surface area contributed by atoms with Crippen LogP contribution in [0, 0.1) is 20.8 Å². The first-order valence-electron chi connectivity index (χ1n) is 7.84. The summed E-state index contributed by atoms with van der Waals surface area (Å²) >= 11 is 1.34. The highest BCUT2D eigenvalue weighted by Gasteiger charge is 2.30. The van der Waals surface area contributed by atoms with E-state index in [4.69, 9.17) is 0 Å². The van der Waals surface area contributed by atoms with Gasteiger partial charge in [0.25, 0.3) is 5.91 Å². The molecule has 2 aromatic rings. The third-order valence-corrected chi connectivity index (χ3v) is 5.20. The summed E-state index contributed by atoms with van der Waals surface area (Å²) < 4.78 is 6.27. The molecule has 1 N–H and O–H groups in total. The monoisotopic (exact) mass is 334 g/mol. The van der Waals surface area contributed by atoms with Crippen molar-refractivity contribution in [2.24, 2.45) is 0 Å². The van der Waals surface area contributed by atoms with Gasteiger partial charge in [-0.15, -0.1) is 0 Å². The molecule has 1 amide bonds. The van der Waals surface area contributed by atoms with Crippen molar-refractivity contribution in [3.05, 3.63) is 22.9 Å². The minimum absolute atomic E-state index is 0.0554. The van der Waals surface area contributed by atoms with Gasteiger partial charge in [-0.2, -0.15) is 9.47 Å². The molecule has 0 saturated carbocycles. The highest BCUT2D eigenvalue weighted by atomic mass is 32.1. The van der Waals surface area contributed by atoms with E-state index in [9.17, 15) is 4.79 Å². The molecule has 3 heterocycles. The van der Waals surface area contributed by atoms with Crippen molar-refractivity contribution in [1.29, 1.82) is 0 Å². The van der Waals surface area contributed by atoms with E-state index in [1.165, 1.54) is 11.5 Å². The predicted molar refractivity (Wildman–Crippen MR) is 90.1 cm³/mol. The van der Waals surface area contributed by atoms with Gasteiger partial charge >= 0.3 is 0 Å². The summed E-state index contributed by atoms with van der Waals surface area (Å²) in [5.41, 5.74) is 1.49. The summed E-state index contributed by atoms with van der Waals surface area (Å²) in [4.78, 5) is 19.2.